The molecule has 4 heteroatoms. The lowest BCUT2D eigenvalue weighted by Crippen LogP contribution is -2.30. The lowest BCUT2D eigenvalue weighted by atomic mass is 9.78. The van der Waals surface area contributed by atoms with E-state index in [-0.39, 0.29) is 11.6 Å². The normalized spacial score (nSPS) is 11.3. The van der Waals surface area contributed by atoms with Crippen LogP contribution in [0.5, 0.6) is 0 Å². The van der Waals surface area contributed by atoms with E-state index in [1.54, 1.807) is 24.4 Å². The summed E-state index contributed by atoms with van der Waals surface area (Å²) in [6.07, 6.45) is 1.66. The highest BCUT2D eigenvalue weighted by Gasteiger charge is 2.32. The van der Waals surface area contributed by atoms with Crippen LogP contribution in [0.15, 0.2) is 36.5 Å². The summed E-state index contributed by atoms with van der Waals surface area (Å²) in [5.74, 6) is 0.222. The molecule has 0 unspecified atom stereocenters. The minimum atomic E-state index is -0.683. The number of carbonyl (C=O) groups is 1. The molecule has 2 aromatic rings. The number of aromatic nitrogens is 1. The fourth-order valence-corrected chi connectivity index (χ4v) is 2.13. The second kappa shape index (κ2) is 4.96. The maximum absolute atomic E-state index is 12.8. The number of nitrogens with zero attached hydrogens (tertiary/aromatic N) is 1. The quantitative estimate of drug-likeness (QED) is 0.663. The number of rotatable bonds is 3. The molecule has 0 saturated carbocycles. The first kappa shape index (κ1) is 14.1. The van der Waals surface area contributed by atoms with Gasteiger partial charge < -0.3 is 11.5 Å². The van der Waals surface area contributed by atoms with Gasteiger partial charge in [-0.1, -0.05) is 12.1 Å². The Morgan fingerprint density at radius 2 is 1.75 bits per heavy atom. The van der Waals surface area contributed by atoms with Gasteiger partial charge in [0.1, 0.15) is 5.82 Å². The maximum atomic E-state index is 12.8. The maximum Gasteiger partial charge on any atom is 0.176 e. The molecule has 0 aliphatic heterocycles. The molecule has 104 valence electrons. The van der Waals surface area contributed by atoms with Crippen molar-refractivity contribution in [2.45, 2.75) is 26.2 Å². The number of carbonyl (C=O) groups excluding carboxylic acids is 1. The Hall–Kier alpha value is -2.36. The van der Waals surface area contributed by atoms with Gasteiger partial charge in [0.2, 0.25) is 0 Å². The number of anilines is 2. The van der Waals surface area contributed by atoms with Gasteiger partial charge in [0.05, 0.1) is 11.0 Å². The van der Waals surface area contributed by atoms with Crippen molar-refractivity contribution in [1.29, 1.82) is 0 Å². The molecule has 4 N–H and O–H groups in total. The number of hydrogen-bond donors (Lipinski definition) is 2. The van der Waals surface area contributed by atoms with Crippen molar-refractivity contribution >= 4 is 17.3 Å². The topological polar surface area (TPSA) is 82.0 Å². The smallest absolute Gasteiger partial charge is 0.176 e. The molecule has 0 fully saturated rings. The molecule has 0 radical (unpaired) electrons. The van der Waals surface area contributed by atoms with Gasteiger partial charge in [0, 0.05) is 11.9 Å². The van der Waals surface area contributed by atoms with Gasteiger partial charge in [-0.3, -0.25) is 4.79 Å². The number of aryl methyl sites for hydroxylation is 1. The van der Waals surface area contributed by atoms with Crippen molar-refractivity contribution in [1.82, 2.24) is 4.98 Å². The Bertz CT molecular complexity index is 645. The second-order valence-corrected chi connectivity index (χ2v) is 5.52. The molecule has 0 aliphatic rings. The van der Waals surface area contributed by atoms with Crippen LogP contribution >= 0.6 is 0 Å². The van der Waals surface area contributed by atoms with Gasteiger partial charge in [-0.15, -0.1) is 0 Å². The highest BCUT2D eigenvalue weighted by atomic mass is 16.1. The van der Waals surface area contributed by atoms with Gasteiger partial charge >= 0.3 is 0 Å². The Morgan fingerprint density at radius 3 is 2.35 bits per heavy atom. The molecular formula is C16H19N3O. The largest absolute Gasteiger partial charge is 0.399 e. The third-order valence-electron chi connectivity index (χ3n) is 3.50. The van der Waals surface area contributed by atoms with Crippen LogP contribution in [0.4, 0.5) is 11.5 Å². The fraction of sp³-hybridized carbons (Fsp3) is 0.250. The van der Waals surface area contributed by atoms with Gasteiger partial charge in [0.15, 0.2) is 5.78 Å². The molecule has 0 saturated heterocycles. The second-order valence-electron chi connectivity index (χ2n) is 5.52. The summed E-state index contributed by atoms with van der Waals surface area (Å²) in [5, 5.41) is 0. The molecule has 0 bridgehead atoms. The molecule has 1 aromatic heterocycles. The number of pyridine rings is 1. The van der Waals surface area contributed by atoms with E-state index in [1.165, 1.54) is 0 Å². The molecule has 0 atom stereocenters. The molecule has 1 aromatic carbocycles. The predicted molar refractivity (Wildman–Crippen MR) is 81.6 cm³/mol. The van der Waals surface area contributed by atoms with E-state index in [9.17, 15) is 4.79 Å². The van der Waals surface area contributed by atoms with Crippen molar-refractivity contribution < 1.29 is 4.79 Å². The number of nitrogen functional groups attached to an aromatic ring is 2. The third kappa shape index (κ3) is 2.50. The van der Waals surface area contributed by atoms with E-state index in [1.807, 2.05) is 32.9 Å². The lowest BCUT2D eigenvalue weighted by molar-refractivity contribution is 0.0909. The van der Waals surface area contributed by atoms with Crippen LogP contribution in [-0.2, 0) is 5.41 Å². The first-order valence-corrected chi connectivity index (χ1v) is 6.45. The summed E-state index contributed by atoms with van der Waals surface area (Å²) in [7, 11) is 0. The van der Waals surface area contributed by atoms with Crippen molar-refractivity contribution in [3.8, 4) is 0 Å². The monoisotopic (exact) mass is 269 g/mol. The molecule has 20 heavy (non-hydrogen) atoms. The van der Waals surface area contributed by atoms with Gasteiger partial charge in [-0.05, 0) is 50.1 Å². The van der Waals surface area contributed by atoms with E-state index in [2.05, 4.69) is 4.98 Å². The number of benzene rings is 1. The number of ketones is 1. The number of Topliss-reactive ketones (excluding diaryl/α,β-unsaturated/α-hetero) is 1. The van der Waals surface area contributed by atoms with Gasteiger partial charge in [-0.2, -0.15) is 0 Å². The van der Waals surface area contributed by atoms with Crippen LogP contribution in [0.25, 0.3) is 0 Å². The molecule has 0 spiro atoms. The number of hydrogen-bond acceptors (Lipinski definition) is 4. The predicted octanol–water partition coefficient (Wildman–Crippen LogP) is 2.71. The zero-order valence-electron chi connectivity index (χ0n) is 12.0. The lowest BCUT2D eigenvalue weighted by Gasteiger charge is -2.24. The van der Waals surface area contributed by atoms with Crippen LogP contribution in [0.2, 0.25) is 0 Å². The summed E-state index contributed by atoms with van der Waals surface area (Å²) in [4.78, 5) is 16.8. The molecule has 2 rings (SSSR count). The Balaban J connectivity index is 2.45. The number of nitrogens with two attached hydrogens (primary N) is 2. The third-order valence-corrected chi connectivity index (χ3v) is 3.50. The van der Waals surface area contributed by atoms with E-state index < -0.39 is 5.41 Å². The standard InChI is InChI=1S/C16H19N3O/c1-10-8-13(15(18)19-9-10)14(20)16(2,3)11-4-6-12(17)7-5-11/h4-9H,17H2,1-3H3,(H2,18,19). The van der Waals surface area contributed by atoms with E-state index >= 15 is 0 Å². The minimum absolute atomic E-state index is 0.0454. The van der Waals surface area contributed by atoms with Gasteiger partial charge in [0.25, 0.3) is 0 Å². The summed E-state index contributed by atoms with van der Waals surface area (Å²) in [6.45, 7) is 5.64. The molecule has 0 aliphatic carbocycles. The van der Waals surface area contributed by atoms with Gasteiger partial charge in [-0.25, -0.2) is 4.98 Å². The van der Waals surface area contributed by atoms with Crippen molar-refractivity contribution in [3.63, 3.8) is 0 Å². The first-order chi connectivity index (χ1) is 9.32. The van der Waals surface area contributed by atoms with Crippen molar-refractivity contribution in [3.05, 3.63) is 53.2 Å². The minimum Gasteiger partial charge on any atom is -0.399 e. The SMILES string of the molecule is Cc1cnc(N)c(C(=O)C(C)(C)c2ccc(N)cc2)c1. The van der Waals surface area contributed by atoms with Crippen LogP contribution in [0.1, 0.15) is 35.3 Å². The summed E-state index contributed by atoms with van der Waals surface area (Å²) < 4.78 is 0. The highest BCUT2D eigenvalue weighted by Crippen LogP contribution is 2.30. The Kier molecular flexibility index (Phi) is 3.49. The average molecular weight is 269 g/mol. The van der Waals surface area contributed by atoms with Crippen LogP contribution in [0.3, 0.4) is 0 Å². The highest BCUT2D eigenvalue weighted by molar-refractivity contribution is 6.06. The Morgan fingerprint density at radius 1 is 1.15 bits per heavy atom. The average Bonchev–Trinajstić information content (AvgIpc) is 2.41. The van der Waals surface area contributed by atoms with Crippen LogP contribution < -0.4 is 11.5 Å². The Labute approximate surface area is 118 Å². The van der Waals surface area contributed by atoms with Crippen LogP contribution in [0, 0.1) is 6.92 Å². The van der Waals surface area contributed by atoms with E-state index in [4.69, 9.17) is 11.5 Å². The summed E-state index contributed by atoms with van der Waals surface area (Å²) in [6, 6.07) is 9.10. The molecule has 0 amide bonds. The first-order valence-electron chi connectivity index (χ1n) is 6.45. The van der Waals surface area contributed by atoms with Crippen molar-refractivity contribution in [2.24, 2.45) is 0 Å². The zero-order valence-corrected chi connectivity index (χ0v) is 12.0. The summed E-state index contributed by atoms with van der Waals surface area (Å²) >= 11 is 0. The fourth-order valence-electron chi connectivity index (χ4n) is 2.13. The van der Waals surface area contributed by atoms with Crippen LogP contribution in [-0.4, -0.2) is 10.8 Å². The zero-order chi connectivity index (χ0) is 14.9. The van der Waals surface area contributed by atoms with E-state index in [0.29, 0.717) is 11.3 Å². The molecular weight excluding hydrogens is 250 g/mol. The van der Waals surface area contributed by atoms with E-state index in [0.717, 1.165) is 11.1 Å². The molecule has 4 nitrogen and oxygen atoms in total. The molecule has 1 heterocycles. The van der Waals surface area contributed by atoms with Crippen molar-refractivity contribution in [2.75, 3.05) is 11.5 Å². The summed E-state index contributed by atoms with van der Waals surface area (Å²) in [5.41, 5.74) is 13.8.